The molecule has 6 nitrogen and oxygen atoms in total. The number of thiocarbonyl (C=S) groups is 1. The van der Waals surface area contributed by atoms with Gasteiger partial charge in [0.2, 0.25) is 5.91 Å². The third-order valence-corrected chi connectivity index (χ3v) is 5.17. The van der Waals surface area contributed by atoms with E-state index in [1.807, 2.05) is 55.1 Å². The molecule has 1 saturated heterocycles. The van der Waals surface area contributed by atoms with Crippen LogP contribution >= 0.6 is 12.2 Å². The van der Waals surface area contributed by atoms with Crippen LogP contribution in [0.5, 0.6) is 0 Å². The summed E-state index contributed by atoms with van der Waals surface area (Å²) < 4.78 is 0. The third kappa shape index (κ3) is 5.32. The molecule has 3 rings (SSSR count). The number of amides is 2. The van der Waals surface area contributed by atoms with Crippen molar-refractivity contribution in [2.75, 3.05) is 36.4 Å². The molecule has 1 heterocycles. The van der Waals surface area contributed by atoms with Crippen LogP contribution in [0.4, 0.5) is 11.4 Å². The van der Waals surface area contributed by atoms with Gasteiger partial charge in [0.05, 0.1) is 11.4 Å². The smallest absolute Gasteiger partial charge is 0.257 e. The van der Waals surface area contributed by atoms with Crippen molar-refractivity contribution in [1.29, 1.82) is 0 Å². The number of carbonyl (C=O) groups excluding carboxylic acids is 2. The topological polar surface area (TPSA) is 64.7 Å². The monoisotopic (exact) mass is 410 g/mol. The first-order valence-corrected chi connectivity index (χ1v) is 10.2. The maximum absolute atomic E-state index is 12.4. The molecule has 0 atom stereocenters. The van der Waals surface area contributed by atoms with Crippen LogP contribution in [0.15, 0.2) is 48.5 Å². The molecule has 0 bridgehead atoms. The molecule has 1 aliphatic rings. The average Bonchev–Trinajstić information content (AvgIpc) is 2.74. The first-order valence-electron chi connectivity index (χ1n) is 9.78. The van der Waals surface area contributed by atoms with Gasteiger partial charge in [-0.2, -0.15) is 0 Å². The Kier molecular flexibility index (Phi) is 6.82. The number of nitrogens with one attached hydrogen (secondary N) is 2. The van der Waals surface area contributed by atoms with E-state index in [-0.39, 0.29) is 16.9 Å². The molecule has 152 valence electrons. The van der Waals surface area contributed by atoms with Crippen molar-refractivity contribution in [3.05, 3.63) is 59.7 Å². The highest BCUT2D eigenvalue weighted by atomic mass is 32.1. The van der Waals surface area contributed by atoms with Crippen LogP contribution in [0.1, 0.15) is 29.3 Å². The summed E-state index contributed by atoms with van der Waals surface area (Å²) in [5.41, 5.74) is 3.49. The lowest BCUT2D eigenvalue weighted by atomic mass is 10.1. The summed E-state index contributed by atoms with van der Waals surface area (Å²) in [5.74, 6) is -0.0530. The lowest BCUT2D eigenvalue weighted by molar-refractivity contribution is -0.131. The van der Waals surface area contributed by atoms with E-state index in [2.05, 4.69) is 15.5 Å². The summed E-state index contributed by atoms with van der Waals surface area (Å²) >= 11 is 5.35. The zero-order chi connectivity index (χ0) is 20.8. The van der Waals surface area contributed by atoms with Gasteiger partial charge in [-0.25, -0.2) is 0 Å². The molecule has 0 saturated carbocycles. The zero-order valence-electron chi connectivity index (χ0n) is 16.8. The van der Waals surface area contributed by atoms with E-state index >= 15 is 0 Å². The van der Waals surface area contributed by atoms with Gasteiger partial charge in [-0.3, -0.25) is 14.9 Å². The number of nitrogens with zero attached hydrogens (tertiary/aromatic N) is 2. The van der Waals surface area contributed by atoms with Crippen molar-refractivity contribution >= 4 is 40.5 Å². The molecule has 1 aliphatic heterocycles. The third-order valence-electron chi connectivity index (χ3n) is 4.97. The number of benzene rings is 2. The second-order valence-electron chi connectivity index (χ2n) is 7.01. The molecule has 0 aromatic heterocycles. The molecule has 7 heteroatoms. The quantitative estimate of drug-likeness (QED) is 0.758. The highest BCUT2D eigenvalue weighted by Gasteiger charge is 2.21. The van der Waals surface area contributed by atoms with Gasteiger partial charge in [0.25, 0.3) is 5.91 Å². The molecule has 2 aromatic carbocycles. The Bertz CT molecular complexity index is 890. The van der Waals surface area contributed by atoms with E-state index in [0.717, 1.165) is 30.0 Å². The van der Waals surface area contributed by atoms with Gasteiger partial charge in [-0.15, -0.1) is 0 Å². The lowest BCUT2D eigenvalue weighted by Crippen LogP contribution is -2.48. The van der Waals surface area contributed by atoms with Crippen molar-refractivity contribution in [3.63, 3.8) is 0 Å². The molecule has 2 N–H and O–H groups in total. The number of rotatable bonds is 4. The minimum atomic E-state index is -0.244. The van der Waals surface area contributed by atoms with Gasteiger partial charge in [0.1, 0.15) is 0 Å². The average molecular weight is 411 g/mol. The van der Waals surface area contributed by atoms with Gasteiger partial charge < -0.3 is 15.1 Å². The highest BCUT2D eigenvalue weighted by Crippen LogP contribution is 2.26. The maximum Gasteiger partial charge on any atom is 0.257 e. The van der Waals surface area contributed by atoms with E-state index in [9.17, 15) is 9.59 Å². The number of hydrogen-bond acceptors (Lipinski definition) is 4. The number of carbonyl (C=O) groups is 2. The molecular formula is C22H26N4O2S. The first kappa shape index (κ1) is 20.8. The van der Waals surface area contributed by atoms with Crippen molar-refractivity contribution in [2.45, 2.75) is 20.3 Å². The van der Waals surface area contributed by atoms with Crippen LogP contribution in [-0.2, 0) is 4.79 Å². The molecule has 1 fully saturated rings. The summed E-state index contributed by atoms with van der Waals surface area (Å²) in [4.78, 5) is 28.4. The van der Waals surface area contributed by atoms with E-state index in [1.165, 1.54) is 0 Å². The Hall–Kier alpha value is -2.93. The number of anilines is 2. The Labute approximate surface area is 176 Å². The maximum atomic E-state index is 12.4. The molecule has 2 amide bonds. The minimum absolute atomic E-state index is 0.191. The minimum Gasteiger partial charge on any atom is -0.366 e. The van der Waals surface area contributed by atoms with Crippen LogP contribution in [-0.4, -0.2) is 48.0 Å². The fourth-order valence-electron chi connectivity index (χ4n) is 3.31. The first-order chi connectivity index (χ1) is 14.0. The number of para-hydroxylation sites is 2. The summed E-state index contributed by atoms with van der Waals surface area (Å²) in [5, 5.41) is 6.13. The molecule has 2 aromatic rings. The second-order valence-corrected chi connectivity index (χ2v) is 7.42. The van der Waals surface area contributed by atoms with Crippen LogP contribution in [0.25, 0.3) is 0 Å². The summed E-state index contributed by atoms with van der Waals surface area (Å²) in [6, 6.07) is 15.2. The standard InChI is InChI=1S/C22H26N4O2S/c1-3-20(27)26-14-12-25(13-15-26)19-7-5-4-6-18(19)23-22(29)24-21(28)17-10-8-16(2)9-11-17/h4-11H,3,12-15H2,1-2H3,(H2,23,24,28,29). The lowest BCUT2D eigenvalue weighted by Gasteiger charge is -2.37. The van der Waals surface area contributed by atoms with E-state index < -0.39 is 0 Å². The summed E-state index contributed by atoms with van der Waals surface area (Å²) in [7, 11) is 0. The van der Waals surface area contributed by atoms with Crippen molar-refractivity contribution in [1.82, 2.24) is 10.2 Å². The Morgan fingerprint density at radius 2 is 1.66 bits per heavy atom. The van der Waals surface area contributed by atoms with E-state index in [4.69, 9.17) is 12.2 Å². The van der Waals surface area contributed by atoms with Gasteiger partial charge in [0.15, 0.2) is 5.11 Å². The zero-order valence-corrected chi connectivity index (χ0v) is 17.6. The van der Waals surface area contributed by atoms with Crippen LogP contribution in [0.2, 0.25) is 0 Å². The largest absolute Gasteiger partial charge is 0.366 e. The van der Waals surface area contributed by atoms with Crippen molar-refractivity contribution in [3.8, 4) is 0 Å². The van der Waals surface area contributed by atoms with Gasteiger partial charge in [-0.05, 0) is 43.4 Å². The van der Waals surface area contributed by atoms with Crippen LogP contribution < -0.4 is 15.5 Å². The number of aryl methyl sites for hydroxylation is 1. The van der Waals surface area contributed by atoms with E-state index in [0.29, 0.717) is 25.1 Å². The second kappa shape index (κ2) is 9.52. The summed E-state index contributed by atoms with van der Waals surface area (Å²) in [6.07, 6.45) is 0.535. The van der Waals surface area contributed by atoms with Crippen molar-refractivity contribution < 1.29 is 9.59 Å². The molecule has 0 radical (unpaired) electrons. The molecule has 0 aliphatic carbocycles. The Morgan fingerprint density at radius 1 is 1.00 bits per heavy atom. The number of hydrogen-bond donors (Lipinski definition) is 2. The molecule has 0 spiro atoms. The Morgan fingerprint density at radius 3 is 2.31 bits per heavy atom. The predicted molar refractivity (Wildman–Crippen MR) is 120 cm³/mol. The summed E-state index contributed by atoms with van der Waals surface area (Å²) in [6.45, 7) is 6.79. The SMILES string of the molecule is CCC(=O)N1CCN(c2ccccc2NC(=S)NC(=O)c2ccc(C)cc2)CC1. The van der Waals surface area contributed by atoms with Crippen molar-refractivity contribution in [2.24, 2.45) is 0 Å². The van der Waals surface area contributed by atoms with Gasteiger partial charge in [-0.1, -0.05) is 36.8 Å². The predicted octanol–water partition coefficient (Wildman–Crippen LogP) is 3.18. The fourth-order valence-corrected chi connectivity index (χ4v) is 3.51. The molecule has 29 heavy (non-hydrogen) atoms. The van der Waals surface area contributed by atoms with Gasteiger partial charge in [0, 0.05) is 38.2 Å². The van der Waals surface area contributed by atoms with E-state index in [1.54, 1.807) is 12.1 Å². The molecule has 0 unspecified atom stereocenters. The number of piperazine rings is 1. The fraction of sp³-hybridized carbons (Fsp3) is 0.318. The van der Waals surface area contributed by atoms with Gasteiger partial charge >= 0.3 is 0 Å². The van der Waals surface area contributed by atoms with Crippen LogP contribution in [0.3, 0.4) is 0 Å². The van der Waals surface area contributed by atoms with Crippen LogP contribution in [0, 0.1) is 6.92 Å². The molecular weight excluding hydrogens is 384 g/mol. The normalized spacial score (nSPS) is 13.7. The Balaban J connectivity index is 1.63. The highest BCUT2D eigenvalue weighted by molar-refractivity contribution is 7.80.